The lowest BCUT2D eigenvalue weighted by Crippen LogP contribution is -2.50. The molecule has 24 heavy (non-hydrogen) atoms. The fourth-order valence-corrected chi connectivity index (χ4v) is 3.85. The molecule has 0 amide bonds. The second-order valence-electron chi connectivity index (χ2n) is 7.12. The third-order valence-corrected chi connectivity index (χ3v) is 5.57. The fourth-order valence-electron chi connectivity index (χ4n) is 3.85. The zero-order valence-corrected chi connectivity index (χ0v) is 14.3. The number of nitrogens with one attached hydrogen (secondary N) is 1. The summed E-state index contributed by atoms with van der Waals surface area (Å²) in [6, 6.07) is 5.63. The van der Waals surface area contributed by atoms with Crippen molar-refractivity contribution in [3.8, 4) is 5.75 Å². The predicted molar refractivity (Wildman–Crippen MR) is 91.2 cm³/mol. The molecule has 0 radical (unpaired) electrons. The van der Waals surface area contributed by atoms with Gasteiger partial charge >= 0.3 is 5.97 Å². The number of aliphatic hydroxyl groups excluding tert-OH is 1. The summed E-state index contributed by atoms with van der Waals surface area (Å²) in [4.78, 5) is 11.8. The molecule has 1 heterocycles. The van der Waals surface area contributed by atoms with E-state index in [1.54, 1.807) is 0 Å². The van der Waals surface area contributed by atoms with E-state index < -0.39 is 17.5 Å². The van der Waals surface area contributed by atoms with Crippen LogP contribution in [-0.2, 0) is 11.2 Å². The lowest BCUT2D eigenvalue weighted by atomic mass is 9.74. The fraction of sp³-hybridized carbons (Fsp3) is 0.632. The minimum Gasteiger partial charge on any atom is -0.491 e. The summed E-state index contributed by atoms with van der Waals surface area (Å²) < 4.78 is 5.81. The van der Waals surface area contributed by atoms with Crippen LogP contribution in [-0.4, -0.2) is 35.4 Å². The number of rotatable bonds is 5. The Morgan fingerprint density at radius 1 is 1.33 bits per heavy atom. The first kappa shape index (κ1) is 17.2. The highest BCUT2D eigenvalue weighted by molar-refractivity contribution is 5.75. The van der Waals surface area contributed by atoms with Crippen molar-refractivity contribution >= 4 is 5.97 Å². The number of carboxylic acid groups (broad SMARTS) is 1. The van der Waals surface area contributed by atoms with Crippen molar-refractivity contribution in [2.24, 2.45) is 5.41 Å². The molecule has 1 aliphatic heterocycles. The number of ether oxygens (including phenoxy) is 1. The first-order valence-electron chi connectivity index (χ1n) is 8.96. The molecular formula is C19H27NO4. The number of aliphatic hydroxyl groups is 1. The molecule has 0 saturated heterocycles. The summed E-state index contributed by atoms with van der Waals surface area (Å²) in [7, 11) is 0. The van der Waals surface area contributed by atoms with Gasteiger partial charge < -0.3 is 20.3 Å². The van der Waals surface area contributed by atoms with Gasteiger partial charge in [-0.25, -0.2) is 0 Å². The monoisotopic (exact) mass is 333 g/mol. The molecule has 0 unspecified atom stereocenters. The van der Waals surface area contributed by atoms with Crippen LogP contribution in [0.15, 0.2) is 18.2 Å². The minimum absolute atomic E-state index is 0.275. The van der Waals surface area contributed by atoms with E-state index in [9.17, 15) is 15.0 Å². The Labute approximate surface area is 143 Å². The van der Waals surface area contributed by atoms with Gasteiger partial charge in [0.2, 0.25) is 0 Å². The summed E-state index contributed by atoms with van der Waals surface area (Å²) in [5.41, 5.74) is 1.26. The molecule has 2 aliphatic rings. The van der Waals surface area contributed by atoms with Gasteiger partial charge in [-0.3, -0.25) is 4.79 Å². The Morgan fingerprint density at radius 2 is 2.08 bits per heavy atom. The number of benzene rings is 1. The molecule has 1 aromatic carbocycles. The summed E-state index contributed by atoms with van der Waals surface area (Å²) >= 11 is 0. The molecule has 0 aromatic heterocycles. The Hall–Kier alpha value is -1.59. The number of aryl methyl sites for hydroxylation is 1. The Morgan fingerprint density at radius 3 is 2.75 bits per heavy atom. The van der Waals surface area contributed by atoms with Crippen molar-refractivity contribution in [1.29, 1.82) is 0 Å². The second-order valence-corrected chi connectivity index (χ2v) is 7.12. The van der Waals surface area contributed by atoms with E-state index in [0.717, 1.165) is 37.0 Å². The average Bonchev–Trinajstić information content (AvgIpc) is 2.61. The number of aliphatic carboxylic acids is 1. The summed E-state index contributed by atoms with van der Waals surface area (Å²) in [5, 5.41) is 23.6. The Bertz CT molecular complexity index is 595. The van der Waals surface area contributed by atoms with Crippen LogP contribution in [0.2, 0.25) is 0 Å². The second kappa shape index (κ2) is 7.11. The van der Waals surface area contributed by atoms with Crippen LogP contribution < -0.4 is 10.1 Å². The van der Waals surface area contributed by atoms with E-state index in [2.05, 4.69) is 12.2 Å². The summed E-state index contributed by atoms with van der Waals surface area (Å²) in [6.07, 6.45) is 4.69. The van der Waals surface area contributed by atoms with Gasteiger partial charge in [0.15, 0.2) is 0 Å². The molecule has 132 valence electrons. The van der Waals surface area contributed by atoms with Gasteiger partial charge in [0.05, 0.1) is 11.5 Å². The van der Waals surface area contributed by atoms with Crippen molar-refractivity contribution < 1.29 is 19.7 Å². The third kappa shape index (κ3) is 3.28. The largest absolute Gasteiger partial charge is 0.491 e. The number of carboxylic acids is 1. The average molecular weight is 333 g/mol. The molecule has 1 aromatic rings. The number of carbonyl (C=O) groups is 1. The topological polar surface area (TPSA) is 78.8 Å². The number of fused-ring (bicyclic) bond motifs is 1. The van der Waals surface area contributed by atoms with Gasteiger partial charge in [0.1, 0.15) is 18.5 Å². The molecule has 3 rings (SSSR count). The van der Waals surface area contributed by atoms with Crippen LogP contribution in [0.1, 0.15) is 56.3 Å². The van der Waals surface area contributed by atoms with Gasteiger partial charge in [-0.05, 0) is 30.9 Å². The Balaban J connectivity index is 1.68. The van der Waals surface area contributed by atoms with Crippen molar-refractivity contribution in [3.05, 3.63) is 29.3 Å². The van der Waals surface area contributed by atoms with E-state index in [4.69, 9.17) is 4.74 Å². The van der Waals surface area contributed by atoms with Crippen molar-refractivity contribution in [2.75, 3.05) is 13.2 Å². The molecule has 3 N–H and O–H groups in total. The molecule has 1 fully saturated rings. The highest BCUT2D eigenvalue weighted by atomic mass is 16.5. The predicted octanol–water partition coefficient (Wildman–Crippen LogP) is 2.67. The van der Waals surface area contributed by atoms with Crippen LogP contribution in [0.3, 0.4) is 0 Å². The van der Waals surface area contributed by atoms with Crippen LogP contribution in [0.4, 0.5) is 0 Å². The van der Waals surface area contributed by atoms with Gasteiger partial charge in [-0.2, -0.15) is 0 Å². The Kier molecular flexibility index (Phi) is 5.11. The first-order chi connectivity index (χ1) is 11.6. The van der Waals surface area contributed by atoms with E-state index in [1.807, 2.05) is 18.2 Å². The van der Waals surface area contributed by atoms with Gasteiger partial charge in [-0.1, -0.05) is 38.3 Å². The molecule has 0 spiro atoms. The quantitative estimate of drug-likeness (QED) is 0.772. The van der Waals surface area contributed by atoms with Gasteiger partial charge in [-0.15, -0.1) is 0 Å². The lowest BCUT2D eigenvalue weighted by molar-refractivity contribution is -0.151. The standard InChI is InChI=1S/C19H27NO4/c1-2-13-6-7-14-16(10-13)24-11-15(17(14)21)20-12-19(18(22)23)8-4-3-5-9-19/h6-7,10,15,17,20-21H,2-5,8-9,11-12H2,1H3,(H,22,23)/t15-,17+/m1/s1. The SMILES string of the molecule is CCc1ccc2c(c1)OC[C@@H](NCC1(C(=O)O)CCCCC1)[C@H]2O. The zero-order valence-electron chi connectivity index (χ0n) is 14.3. The van der Waals surface area contributed by atoms with Crippen LogP contribution in [0.5, 0.6) is 5.75 Å². The molecule has 1 saturated carbocycles. The zero-order chi connectivity index (χ0) is 17.2. The highest BCUT2D eigenvalue weighted by Crippen LogP contribution is 2.37. The lowest BCUT2D eigenvalue weighted by Gasteiger charge is -2.37. The van der Waals surface area contributed by atoms with Crippen LogP contribution in [0.25, 0.3) is 0 Å². The maximum absolute atomic E-state index is 11.8. The number of hydrogen-bond acceptors (Lipinski definition) is 4. The summed E-state index contributed by atoms with van der Waals surface area (Å²) in [5.74, 6) is 0.0134. The number of hydrogen-bond donors (Lipinski definition) is 3. The van der Waals surface area contributed by atoms with Crippen LogP contribution in [0, 0.1) is 5.41 Å². The van der Waals surface area contributed by atoms with Crippen molar-refractivity contribution in [3.63, 3.8) is 0 Å². The molecular weight excluding hydrogens is 306 g/mol. The van der Waals surface area contributed by atoms with E-state index in [0.29, 0.717) is 26.0 Å². The maximum Gasteiger partial charge on any atom is 0.310 e. The van der Waals surface area contributed by atoms with Gasteiger partial charge in [0, 0.05) is 12.1 Å². The van der Waals surface area contributed by atoms with Crippen LogP contribution >= 0.6 is 0 Å². The third-order valence-electron chi connectivity index (χ3n) is 5.57. The smallest absolute Gasteiger partial charge is 0.310 e. The van der Waals surface area contributed by atoms with Gasteiger partial charge in [0.25, 0.3) is 0 Å². The normalized spacial score (nSPS) is 25.6. The summed E-state index contributed by atoms with van der Waals surface area (Å²) in [6.45, 7) is 2.83. The first-order valence-corrected chi connectivity index (χ1v) is 8.96. The molecule has 0 bridgehead atoms. The molecule has 1 aliphatic carbocycles. The van der Waals surface area contributed by atoms with E-state index in [1.165, 1.54) is 5.56 Å². The van der Waals surface area contributed by atoms with E-state index >= 15 is 0 Å². The molecule has 5 heteroatoms. The van der Waals surface area contributed by atoms with Crippen molar-refractivity contribution in [2.45, 2.75) is 57.6 Å². The minimum atomic E-state index is -0.728. The van der Waals surface area contributed by atoms with Crippen molar-refractivity contribution in [1.82, 2.24) is 5.32 Å². The highest BCUT2D eigenvalue weighted by Gasteiger charge is 2.41. The molecule has 5 nitrogen and oxygen atoms in total. The maximum atomic E-state index is 11.8. The van der Waals surface area contributed by atoms with E-state index in [-0.39, 0.29) is 6.04 Å². The molecule has 2 atom stereocenters.